The van der Waals surface area contributed by atoms with E-state index in [2.05, 4.69) is 56.1 Å². The number of rotatable bonds is 42. The molecule has 0 bridgehead atoms. The van der Waals surface area contributed by atoms with Crippen molar-refractivity contribution in [3.63, 3.8) is 0 Å². The summed E-state index contributed by atoms with van der Waals surface area (Å²) < 4.78 is 22.9. The van der Waals surface area contributed by atoms with Crippen molar-refractivity contribution in [2.75, 3.05) is 52.7 Å². The van der Waals surface area contributed by atoms with Gasteiger partial charge in [0.1, 0.15) is 6.61 Å². The Morgan fingerprint density at radius 2 is 1.02 bits per heavy atom. The number of hydrogen-bond acceptors (Lipinski definition) is 8. The monoisotopic (exact) mass is 764 g/mol. The number of allylic oxidation sites excluding steroid dienone is 5. The highest BCUT2D eigenvalue weighted by atomic mass is 16.7. The van der Waals surface area contributed by atoms with Gasteiger partial charge in [0, 0.05) is 32.6 Å². The maximum Gasteiger partial charge on any atom is 0.306 e. The number of esters is 2. The van der Waals surface area contributed by atoms with Crippen LogP contribution in [0.5, 0.6) is 0 Å². The van der Waals surface area contributed by atoms with Crippen LogP contribution < -0.4 is 0 Å². The Balaban J connectivity index is 3.98. The van der Waals surface area contributed by atoms with Gasteiger partial charge in [-0.15, -0.1) is 0 Å². The average molecular weight is 764 g/mol. The Morgan fingerprint density at radius 3 is 1.61 bits per heavy atom. The molecule has 0 radical (unpaired) electrons. The van der Waals surface area contributed by atoms with Crippen LogP contribution in [0.2, 0.25) is 0 Å². The molecule has 0 aromatic carbocycles. The van der Waals surface area contributed by atoms with E-state index in [1.54, 1.807) is 0 Å². The van der Waals surface area contributed by atoms with Gasteiger partial charge in [-0.1, -0.05) is 115 Å². The molecule has 1 N–H and O–H groups in total. The van der Waals surface area contributed by atoms with Gasteiger partial charge in [-0.3, -0.25) is 9.59 Å². The highest BCUT2D eigenvalue weighted by molar-refractivity contribution is 5.69. The average Bonchev–Trinajstić information content (AvgIpc) is 3.17. The minimum atomic E-state index is -0.356. The summed E-state index contributed by atoms with van der Waals surface area (Å²) in [7, 11) is 0. The Labute approximate surface area is 332 Å². The third-order valence-corrected chi connectivity index (χ3v) is 9.41. The summed E-state index contributed by atoms with van der Waals surface area (Å²) in [5.41, 5.74) is 0. The van der Waals surface area contributed by atoms with Crippen molar-refractivity contribution in [2.45, 2.75) is 194 Å². The molecule has 0 saturated carbocycles. The minimum Gasteiger partial charge on any atom is -0.466 e. The molecule has 0 aliphatic rings. The summed E-state index contributed by atoms with van der Waals surface area (Å²) >= 11 is 0. The van der Waals surface area contributed by atoms with E-state index in [0.717, 1.165) is 142 Å². The van der Waals surface area contributed by atoms with Gasteiger partial charge >= 0.3 is 11.9 Å². The molecule has 0 fully saturated rings. The Kier molecular flexibility index (Phi) is 42.1. The lowest BCUT2D eigenvalue weighted by atomic mass is 10.1. The van der Waals surface area contributed by atoms with Crippen molar-refractivity contribution >= 4 is 11.9 Å². The minimum absolute atomic E-state index is 0.0918. The largest absolute Gasteiger partial charge is 0.466 e. The fourth-order valence-electron chi connectivity index (χ4n) is 6.10. The molecule has 0 atom stereocenters. The van der Waals surface area contributed by atoms with Crippen LogP contribution in [0.4, 0.5) is 0 Å². The standard InChI is InChI=1S/C46H85NO7/c1-4-7-10-13-16-24-29-40-51-44(49)33-26-19-17-20-27-36-47(38-39-48)37-28-21-18-25-30-41-52-45(50)34-35-46(53-42-31-22-14-11-8-5-2)54-43-32-23-15-12-9-6-3/h8-9,11-12,24,29,46,48H,4-7,10,13-23,25-28,30-43H2,1-3H3/b11-8-,12-9-,29-24-. The number of carbonyl (C=O) groups excluding carboxylic acids is 2. The predicted molar refractivity (Wildman–Crippen MR) is 226 cm³/mol. The smallest absolute Gasteiger partial charge is 0.306 e. The Hall–Kier alpha value is -2.00. The fourth-order valence-corrected chi connectivity index (χ4v) is 6.10. The summed E-state index contributed by atoms with van der Waals surface area (Å²) in [6, 6.07) is 0. The maximum absolute atomic E-state index is 12.4. The van der Waals surface area contributed by atoms with E-state index < -0.39 is 0 Å². The lowest BCUT2D eigenvalue weighted by Gasteiger charge is -2.21. The van der Waals surface area contributed by atoms with Crippen LogP contribution in [-0.4, -0.2) is 80.9 Å². The van der Waals surface area contributed by atoms with E-state index in [9.17, 15) is 14.7 Å². The number of unbranched alkanes of at least 4 members (excludes halogenated alkanes) is 16. The van der Waals surface area contributed by atoms with Crippen molar-refractivity contribution in [3.8, 4) is 0 Å². The molecule has 0 heterocycles. The van der Waals surface area contributed by atoms with Crippen molar-refractivity contribution in [2.24, 2.45) is 0 Å². The quantitative estimate of drug-likeness (QED) is 0.0284. The maximum atomic E-state index is 12.4. The van der Waals surface area contributed by atoms with Gasteiger partial charge < -0.3 is 29.0 Å². The second-order valence-electron chi connectivity index (χ2n) is 14.5. The summed E-state index contributed by atoms with van der Waals surface area (Å²) in [4.78, 5) is 26.8. The second-order valence-corrected chi connectivity index (χ2v) is 14.5. The van der Waals surface area contributed by atoms with Gasteiger partial charge in [-0.2, -0.15) is 0 Å². The molecule has 0 unspecified atom stereocenters. The van der Waals surface area contributed by atoms with Crippen LogP contribution in [0.25, 0.3) is 0 Å². The summed E-state index contributed by atoms with van der Waals surface area (Å²) in [6.45, 7) is 11.6. The first-order chi connectivity index (χ1) is 26.6. The normalized spacial score (nSPS) is 12.0. The van der Waals surface area contributed by atoms with Gasteiger partial charge in [-0.05, 0) is 103 Å². The first kappa shape index (κ1) is 52.0. The number of aliphatic hydroxyl groups excluding tert-OH is 1. The SMILES string of the molecule is CC/C=C\CCCCOC(CCC(=O)OCCCCCCCN(CCO)CCCCCCCC(=O)OC/C=C\CCCCCC)OCCCC/C=C\CC. The zero-order chi connectivity index (χ0) is 39.4. The van der Waals surface area contributed by atoms with Crippen molar-refractivity contribution in [1.29, 1.82) is 0 Å². The van der Waals surface area contributed by atoms with E-state index in [0.29, 0.717) is 45.7 Å². The van der Waals surface area contributed by atoms with Crippen molar-refractivity contribution < 1.29 is 33.6 Å². The van der Waals surface area contributed by atoms with Crippen LogP contribution in [-0.2, 0) is 28.5 Å². The van der Waals surface area contributed by atoms with Gasteiger partial charge in [0.25, 0.3) is 0 Å². The number of ether oxygens (including phenoxy) is 4. The summed E-state index contributed by atoms with van der Waals surface area (Å²) in [6.07, 6.45) is 39.1. The molecule has 54 heavy (non-hydrogen) atoms. The Bertz CT molecular complexity index is 866. The highest BCUT2D eigenvalue weighted by Gasteiger charge is 2.13. The highest BCUT2D eigenvalue weighted by Crippen LogP contribution is 2.12. The first-order valence-corrected chi connectivity index (χ1v) is 22.4. The number of carbonyl (C=O) groups is 2. The molecular formula is C46H85NO7. The summed E-state index contributed by atoms with van der Waals surface area (Å²) in [5.74, 6) is -0.263. The van der Waals surface area contributed by atoms with Crippen molar-refractivity contribution in [3.05, 3.63) is 36.5 Å². The number of hydrogen-bond donors (Lipinski definition) is 1. The van der Waals surface area contributed by atoms with Gasteiger partial charge in [0.05, 0.1) is 19.6 Å². The van der Waals surface area contributed by atoms with Crippen LogP contribution in [0.1, 0.15) is 188 Å². The number of aliphatic hydroxyl groups is 1. The molecule has 0 aromatic rings. The third-order valence-electron chi connectivity index (χ3n) is 9.41. The van der Waals surface area contributed by atoms with Crippen LogP contribution in [0.15, 0.2) is 36.5 Å². The molecular weight excluding hydrogens is 679 g/mol. The van der Waals surface area contributed by atoms with E-state index >= 15 is 0 Å². The molecule has 0 spiro atoms. The van der Waals surface area contributed by atoms with Crippen LogP contribution in [0.3, 0.4) is 0 Å². The topological polar surface area (TPSA) is 94.5 Å². The van der Waals surface area contributed by atoms with Gasteiger partial charge in [0.2, 0.25) is 0 Å². The Morgan fingerprint density at radius 1 is 0.519 bits per heavy atom. The molecule has 0 aromatic heterocycles. The zero-order valence-electron chi connectivity index (χ0n) is 35.4. The molecule has 316 valence electrons. The molecule has 8 nitrogen and oxygen atoms in total. The zero-order valence-corrected chi connectivity index (χ0v) is 35.4. The van der Waals surface area contributed by atoms with E-state index in [1.807, 2.05) is 6.08 Å². The van der Waals surface area contributed by atoms with E-state index in [1.165, 1.54) is 25.7 Å². The summed E-state index contributed by atoms with van der Waals surface area (Å²) in [5, 5.41) is 9.52. The second kappa shape index (κ2) is 43.7. The molecule has 0 aliphatic carbocycles. The van der Waals surface area contributed by atoms with Gasteiger partial charge in [0.15, 0.2) is 6.29 Å². The van der Waals surface area contributed by atoms with E-state index in [4.69, 9.17) is 18.9 Å². The predicted octanol–water partition coefficient (Wildman–Crippen LogP) is 11.6. The molecule has 0 saturated heterocycles. The lowest BCUT2D eigenvalue weighted by molar-refractivity contribution is -0.159. The molecule has 8 heteroatoms. The first-order valence-electron chi connectivity index (χ1n) is 22.4. The third kappa shape index (κ3) is 39.7. The molecule has 0 rings (SSSR count). The molecule has 0 aliphatic heterocycles. The van der Waals surface area contributed by atoms with Crippen LogP contribution in [0, 0.1) is 0 Å². The van der Waals surface area contributed by atoms with Gasteiger partial charge in [-0.25, -0.2) is 0 Å². The van der Waals surface area contributed by atoms with Crippen LogP contribution >= 0.6 is 0 Å². The molecule has 0 amide bonds. The lowest BCUT2D eigenvalue weighted by Crippen LogP contribution is -2.29. The fraction of sp³-hybridized carbons (Fsp3) is 0.826. The van der Waals surface area contributed by atoms with E-state index in [-0.39, 0.29) is 24.8 Å². The van der Waals surface area contributed by atoms with Crippen molar-refractivity contribution in [1.82, 2.24) is 4.90 Å². The number of nitrogens with zero attached hydrogens (tertiary/aromatic N) is 1.